The molecule has 4 rings (SSSR count). The predicted molar refractivity (Wildman–Crippen MR) is 93.2 cm³/mol. The van der Waals surface area contributed by atoms with Crippen LogP contribution in [0, 0.1) is 0 Å². The van der Waals surface area contributed by atoms with Crippen molar-refractivity contribution in [3.63, 3.8) is 0 Å². The first-order valence-electron chi connectivity index (χ1n) is 7.54. The lowest BCUT2D eigenvalue weighted by molar-refractivity contribution is 0.0533. The van der Waals surface area contributed by atoms with Gasteiger partial charge in [0.1, 0.15) is 21.2 Å². The summed E-state index contributed by atoms with van der Waals surface area (Å²) in [6, 6.07) is 7.09. The molecule has 0 fully saturated rings. The van der Waals surface area contributed by atoms with Crippen LogP contribution in [0.4, 0.5) is 5.69 Å². The van der Waals surface area contributed by atoms with Gasteiger partial charge in [-0.15, -0.1) is 21.5 Å². The quantitative estimate of drug-likeness (QED) is 0.552. The topological polar surface area (TPSA) is 104 Å². The molecular weight excluding hydrogens is 342 g/mol. The van der Waals surface area contributed by atoms with Crippen LogP contribution >= 0.6 is 11.3 Å². The zero-order chi connectivity index (χ0) is 17.4. The maximum atomic E-state index is 12.2. The van der Waals surface area contributed by atoms with E-state index in [0.717, 1.165) is 11.3 Å². The first-order chi connectivity index (χ1) is 12.2. The van der Waals surface area contributed by atoms with E-state index in [4.69, 9.17) is 19.3 Å². The minimum atomic E-state index is -0.479. The van der Waals surface area contributed by atoms with Crippen LogP contribution in [-0.2, 0) is 4.74 Å². The van der Waals surface area contributed by atoms with Gasteiger partial charge in [-0.2, -0.15) is 0 Å². The molecule has 0 aliphatic rings. The SMILES string of the molecule is CCOC(=O)c1sc2nnc(-c3ccco3)c(-c3ccco3)c2c1N. The van der Waals surface area contributed by atoms with E-state index in [1.54, 1.807) is 43.7 Å². The molecule has 7 nitrogen and oxygen atoms in total. The van der Waals surface area contributed by atoms with Crippen LogP contribution in [0.1, 0.15) is 16.6 Å². The predicted octanol–water partition coefficient (Wildman–Crippen LogP) is 3.97. The number of ether oxygens (including phenoxy) is 1. The summed E-state index contributed by atoms with van der Waals surface area (Å²) < 4.78 is 16.1. The van der Waals surface area contributed by atoms with E-state index in [1.807, 2.05) is 0 Å². The molecule has 0 bridgehead atoms. The summed E-state index contributed by atoms with van der Waals surface area (Å²) in [7, 11) is 0. The number of carbonyl (C=O) groups excluding carboxylic acids is 1. The minimum absolute atomic E-state index is 0.265. The Labute approximate surface area is 146 Å². The Morgan fingerprint density at radius 3 is 2.56 bits per heavy atom. The number of rotatable bonds is 4. The van der Waals surface area contributed by atoms with Crippen LogP contribution in [0.15, 0.2) is 45.6 Å². The number of furan rings is 2. The fourth-order valence-corrected chi connectivity index (χ4v) is 3.55. The van der Waals surface area contributed by atoms with Crippen molar-refractivity contribution in [1.29, 1.82) is 0 Å². The molecule has 126 valence electrons. The van der Waals surface area contributed by atoms with E-state index in [0.29, 0.717) is 43.6 Å². The summed E-state index contributed by atoms with van der Waals surface area (Å²) in [6.45, 7) is 2.01. The summed E-state index contributed by atoms with van der Waals surface area (Å²) in [5.41, 5.74) is 7.69. The Balaban J connectivity index is 2.04. The van der Waals surface area contributed by atoms with E-state index < -0.39 is 5.97 Å². The zero-order valence-corrected chi connectivity index (χ0v) is 14.0. The molecule has 4 aromatic heterocycles. The van der Waals surface area contributed by atoms with Gasteiger partial charge >= 0.3 is 5.97 Å². The Bertz CT molecular complexity index is 1040. The highest BCUT2D eigenvalue weighted by molar-refractivity contribution is 7.21. The van der Waals surface area contributed by atoms with Gasteiger partial charge in [0, 0.05) is 0 Å². The summed E-state index contributed by atoms with van der Waals surface area (Å²) in [4.78, 5) is 13.0. The highest BCUT2D eigenvalue weighted by atomic mass is 32.1. The average Bonchev–Trinajstić information content (AvgIpc) is 3.36. The number of anilines is 1. The Morgan fingerprint density at radius 2 is 1.92 bits per heavy atom. The number of hydrogen-bond donors (Lipinski definition) is 1. The largest absolute Gasteiger partial charge is 0.464 e. The van der Waals surface area contributed by atoms with Crippen molar-refractivity contribution < 1.29 is 18.4 Å². The van der Waals surface area contributed by atoms with Crippen LogP contribution in [0.5, 0.6) is 0 Å². The molecule has 0 aliphatic carbocycles. The summed E-state index contributed by atoms with van der Waals surface area (Å²) >= 11 is 1.14. The van der Waals surface area contributed by atoms with Crippen molar-refractivity contribution in [1.82, 2.24) is 10.2 Å². The van der Waals surface area contributed by atoms with Gasteiger partial charge in [-0.25, -0.2) is 4.79 Å². The highest BCUT2D eigenvalue weighted by Crippen LogP contribution is 2.43. The maximum Gasteiger partial charge on any atom is 0.350 e. The molecule has 2 N–H and O–H groups in total. The molecule has 4 heterocycles. The maximum absolute atomic E-state index is 12.2. The third-order valence-corrected chi connectivity index (χ3v) is 4.71. The van der Waals surface area contributed by atoms with Crippen molar-refractivity contribution in [3.05, 3.63) is 41.7 Å². The molecule has 0 atom stereocenters. The van der Waals surface area contributed by atoms with Crippen LogP contribution in [0.25, 0.3) is 33.0 Å². The molecule has 0 spiro atoms. The molecule has 0 amide bonds. The second-order valence-electron chi connectivity index (χ2n) is 5.12. The van der Waals surface area contributed by atoms with Gasteiger partial charge in [-0.05, 0) is 31.2 Å². The van der Waals surface area contributed by atoms with Gasteiger partial charge in [-0.1, -0.05) is 0 Å². The van der Waals surface area contributed by atoms with Crippen LogP contribution in [0.3, 0.4) is 0 Å². The zero-order valence-electron chi connectivity index (χ0n) is 13.2. The van der Waals surface area contributed by atoms with Gasteiger partial charge in [0.15, 0.2) is 5.76 Å². The van der Waals surface area contributed by atoms with Gasteiger partial charge < -0.3 is 19.3 Å². The smallest absolute Gasteiger partial charge is 0.350 e. The van der Waals surface area contributed by atoms with Gasteiger partial charge in [0.2, 0.25) is 0 Å². The van der Waals surface area contributed by atoms with Crippen molar-refractivity contribution in [2.45, 2.75) is 6.92 Å². The standard InChI is InChI=1S/C17H13N3O4S/c1-2-22-17(21)15-13(18)12-11(9-5-3-7-23-9)14(10-6-4-8-24-10)19-20-16(12)25-15/h3-8H,2,18H2,1H3. The van der Waals surface area contributed by atoms with E-state index in [9.17, 15) is 4.79 Å². The van der Waals surface area contributed by atoms with Gasteiger partial charge in [-0.3, -0.25) is 0 Å². The second-order valence-corrected chi connectivity index (χ2v) is 6.12. The fourth-order valence-electron chi connectivity index (χ4n) is 2.60. The third-order valence-electron chi connectivity index (χ3n) is 3.64. The number of nitrogen functional groups attached to an aromatic ring is 1. The average molecular weight is 355 g/mol. The van der Waals surface area contributed by atoms with Crippen molar-refractivity contribution in [2.75, 3.05) is 12.3 Å². The Kier molecular flexibility index (Phi) is 3.73. The van der Waals surface area contributed by atoms with E-state index in [1.165, 1.54) is 0 Å². The number of nitrogens with zero attached hydrogens (tertiary/aromatic N) is 2. The van der Waals surface area contributed by atoms with E-state index >= 15 is 0 Å². The summed E-state index contributed by atoms with van der Waals surface area (Å²) in [6.07, 6.45) is 3.11. The van der Waals surface area contributed by atoms with Gasteiger partial charge in [0.25, 0.3) is 0 Å². The molecule has 4 aromatic rings. The summed E-state index contributed by atoms with van der Waals surface area (Å²) in [5, 5.41) is 9.08. The summed E-state index contributed by atoms with van der Waals surface area (Å²) in [5.74, 6) is 0.614. The number of hydrogen-bond acceptors (Lipinski definition) is 8. The highest BCUT2D eigenvalue weighted by Gasteiger charge is 2.26. The van der Waals surface area contributed by atoms with Crippen molar-refractivity contribution in [2.24, 2.45) is 0 Å². The van der Waals surface area contributed by atoms with Crippen LogP contribution < -0.4 is 5.73 Å². The normalized spacial score (nSPS) is 11.1. The number of thiophene rings is 1. The van der Waals surface area contributed by atoms with Crippen molar-refractivity contribution >= 4 is 33.2 Å². The number of aromatic nitrogens is 2. The number of esters is 1. The number of carbonyl (C=O) groups is 1. The lowest BCUT2D eigenvalue weighted by Crippen LogP contribution is -2.05. The van der Waals surface area contributed by atoms with E-state index in [2.05, 4.69) is 10.2 Å². The first kappa shape index (κ1) is 15.4. The van der Waals surface area contributed by atoms with Crippen LogP contribution in [-0.4, -0.2) is 22.8 Å². The van der Waals surface area contributed by atoms with Crippen LogP contribution in [0.2, 0.25) is 0 Å². The fraction of sp³-hybridized carbons (Fsp3) is 0.118. The molecule has 0 unspecified atom stereocenters. The minimum Gasteiger partial charge on any atom is -0.464 e. The second kappa shape index (κ2) is 6.06. The molecule has 0 saturated carbocycles. The number of fused-ring (bicyclic) bond motifs is 1. The lowest BCUT2D eigenvalue weighted by atomic mass is 10.0. The Morgan fingerprint density at radius 1 is 1.20 bits per heavy atom. The molecule has 8 heteroatoms. The lowest BCUT2D eigenvalue weighted by Gasteiger charge is -2.06. The third kappa shape index (κ3) is 2.47. The number of nitrogens with two attached hydrogens (primary N) is 1. The first-order valence-corrected chi connectivity index (χ1v) is 8.36. The van der Waals surface area contributed by atoms with Gasteiger partial charge in [0.05, 0.1) is 35.8 Å². The molecule has 0 aliphatic heterocycles. The van der Waals surface area contributed by atoms with E-state index in [-0.39, 0.29) is 6.61 Å². The Hall–Kier alpha value is -3.13. The molecule has 25 heavy (non-hydrogen) atoms. The molecule has 0 aromatic carbocycles. The molecule has 0 radical (unpaired) electrons. The molecular formula is C17H13N3O4S. The molecule has 0 saturated heterocycles. The van der Waals surface area contributed by atoms with Crippen molar-refractivity contribution in [3.8, 4) is 22.8 Å². The monoisotopic (exact) mass is 355 g/mol.